The average molecular weight is 513 g/mol. The lowest BCUT2D eigenvalue weighted by molar-refractivity contribution is -0.143. The second kappa shape index (κ2) is 9.72. The number of fused-ring (bicyclic) bond motifs is 2. The molecule has 5 rings (SSSR count). The molecule has 37 heavy (non-hydrogen) atoms. The van der Waals surface area contributed by atoms with E-state index in [9.17, 15) is 23.2 Å². The summed E-state index contributed by atoms with van der Waals surface area (Å²) in [7, 11) is 1.15. The van der Waals surface area contributed by atoms with E-state index in [0.717, 1.165) is 19.4 Å². The summed E-state index contributed by atoms with van der Waals surface area (Å²) in [5.74, 6) is -5.25. The van der Waals surface area contributed by atoms with Gasteiger partial charge < -0.3 is 14.4 Å². The van der Waals surface area contributed by atoms with Crippen molar-refractivity contribution in [2.45, 2.75) is 30.8 Å². The Morgan fingerprint density at radius 3 is 2.62 bits per heavy atom. The highest BCUT2D eigenvalue weighted by Gasteiger charge is 2.49. The standard InChI is InChI=1S/C26H22F3N3O5/c1-36-20(34)13-37-25-19(33)12-30-32-23(18-6-3-11-31(18)26(35)24(25)32)21(14-7-9-15(27)10-8-14)16-4-2-5-17(28)22(16)29/h2,4-5,7-10,12,18,21,23H,3,6,11,13H2,1H3/t18-,21-,23-/m1/s1. The summed E-state index contributed by atoms with van der Waals surface area (Å²) < 4.78 is 54.8. The van der Waals surface area contributed by atoms with Crippen LogP contribution in [0.4, 0.5) is 13.2 Å². The van der Waals surface area contributed by atoms with Gasteiger partial charge in [-0.3, -0.25) is 14.3 Å². The van der Waals surface area contributed by atoms with Crippen LogP contribution in [0.3, 0.4) is 0 Å². The maximum atomic E-state index is 15.3. The molecular formula is C26H22F3N3O5. The van der Waals surface area contributed by atoms with Crippen LogP contribution in [-0.4, -0.2) is 52.9 Å². The molecule has 2 aromatic carbocycles. The van der Waals surface area contributed by atoms with Crippen molar-refractivity contribution in [1.82, 2.24) is 14.7 Å². The van der Waals surface area contributed by atoms with Crippen LogP contribution in [0.2, 0.25) is 0 Å². The fourth-order valence-corrected chi connectivity index (χ4v) is 5.26. The van der Waals surface area contributed by atoms with Crippen LogP contribution in [0, 0.1) is 17.5 Å². The fourth-order valence-electron chi connectivity index (χ4n) is 5.26. The van der Waals surface area contributed by atoms with Gasteiger partial charge in [0.15, 0.2) is 29.7 Å². The number of nitrogens with zero attached hydrogens (tertiary/aromatic N) is 3. The first-order chi connectivity index (χ1) is 17.8. The number of methoxy groups -OCH3 is 1. The molecule has 0 N–H and O–H groups in total. The Morgan fingerprint density at radius 1 is 1.14 bits per heavy atom. The van der Waals surface area contributed by atoms with Gasteiger partial charge in [0.25, 0.3) is 5.91 Å². The predicted molar refractivity (Wildman–Crippen MR) is 124 cm³/mol. The van der Waals surface area contributed by atoms with E-state index in [-0.39, 0.29) is 11.3 Å². The van der Waals surface area contributed by atoms with Gasteiger partial charge in [-0.15, -0.1) is 0 Å². The molecule has 0 saturated carbocycles. The van der Waals surface area contributed by atoms with Gasteiger partial charge in [0, 0.05) is 18.0 Å². The minimum absolute atomic E-state index is 0.0127. The summed E-state index contributed by atoms with van der Waals surface area (Å²) in [5.41, 5.74) is -0.486. The summed E-state index contributed by atoms with van der Waals surface area (Å²) in [4.78, 5) is 39.5. The monoisotopic (exact) mass is 513 g/mol. The lowest BCUT2D eigenvalue weighted by Crippen LogP contribution is -2.51. The highest BCUT2D eigenvalue weighted by atomic mass is 19.2. The van der Waals surface area contributed by atoms with E-state index in [1.807, 2.05) is 0 Å². The molecule has 1 amide bonds. The molecule has 2 aliphatic rings. The zero-order valence-corrected chi connectivity index (χ0v) is 19.7. The van der Waals surface area contributed by atoms with Crippen LogP contribution in [0.25, 0.3) is 0 Å². The minimum atomic E-state index is -1.08. The number of benzene rings is 2. The first-order valence-electron chi connectivity index (χ1n) is 11.6. The maximum Gasteiger partial charge on any atom is 0.343 e. The van der Waals surface area contributed by atoms with Crippen LogP contribution in [0.1, 0.15) is 46.4 Å². The van der Waals surface area contributed by atoms with Gasteiger partial charge in [-0.25, -0.2) is 18.0 Å². The maximum absolute atomic E-state index is 15.3. The number of rotatable bonds is 6. The van der Waals surface area contributed by atoms with Gasteiger partial charge in [-0.2, -0.15) is 5.10 Å². The largest absolute Gasteiger partial charge is 0.475 e. The topological polar surface area (TPSA) is 90.7 Å². The normalized spacial score (nSPS) is 19.2. The smallest absolute Gasteiger partial charge is 0.343 e. The number of hydrogen-bond donors (Lipinski definition) is 0. The third-order valence-electron chi connectivity index (χ3n) is 6.86. The molecule has 0 aliphatic carbocycles. The van der Waals surface area contributed by atoms with Gasteiger partial charge in [0.2, 0.25) is 5.43 Å². The molecule has 3 heterocycles. The minimum Gasteiger partial charge on any atom is -0.475 e. The van der Waals surface area contributed by atoms with Crippen molar-refractivity contribution in [3.05, 3.63) is 93.2 Å². The highest BCUT2D eigenvalue weighted by molar-refractivity contribution is 5.96. The van der Waals surface area contributed by atoms with Crippen molar-refractivity contribution in [2.75, 3.05) is 20.3 Å². The van der Waals surface area contributed by atoms with Crippen LogP contribution in [0.15, 0.2) is 53.5 Å². The Morgan fingerprint density at radius 2 is 1.89 bits per heavy atom. The molecule has 0 bridgehead atoms. The predicted octanol–water partition coefficient (Wildman–Crippen LogP) is 3.20. The quantitative estimate of drug-likeness (QED) is 0.471. The van der Waals surface area contributed by atoms with Gasteiger partial charge in [-0.05, 0) is 36.6 Å². The zero-order chi connectivity index (χ0) is 26.3. The Hall–Kier alpha value is -4.15. The second-order valence-corrected chi connectivity index (χ2v) is 8.87. The van der Waals surface area contributed by atoms with Gasteiger partial charge in [0.05, 0.1) is 25.4 Å². The molecule has 1 aromatic heterocycles. The van der Waals surface area contributed by atoms with Crippen LogP contribution in [-0.2, 0) is 9.53 Å². The van der Waals surface area contributed by atoms with Crippen molar-refractivity contribution >= 4 is 11.9 Å². The number of ether oxygens (including phenoxy) is 2. The number of halogens is 3. The number of esters is 1. The van der Waals surface area contributed by atoms with E-state index in [4.69, 9.17) is 4.74 Å². The Balaban J connectivity index is 1.75. The SMILES string of the molecule is COC(=O)COc1c2n(ncc1=O)[C@@H]([C@H](c1ccc(F)cc1)c1cccc(F)c1F)[C@H]1CCCN1C2=O. The number of aromatic nitrogens is 2. The summed E-state index contributed by atoms with van der Waals surface area (Å²) in [6, 6.07) is 7.87. The molecule has 0 spiro atoms. The third kappa shape index (κ3) is 4.24. The van der Waals surface area contributed by atoms with E-state index in [0.29, 0.717) is 24.9 Å². The molecule has 1 fully saturated rings. The first kappa shape index (κ1) is 24.5. The molecule has 3 aromatic rings. The summed E-state index contributed by atoms with van der Waals surface area (Å²) in [6.45, 7) is -0.259. The number of hydrogen-bond acceptors (Lipinski definition) is 6. The molecular weight excluding hydrogens is 491 g/mol. The van der Waals surface area contributed by atoms with Crippen molar-refractivity contribution in [2.24, 2.45) is 0 Å². The van der Waals surface area contributed by atoms with Gasteiger partial charge in [-0.1, -0.05) is 24.3 Å². The average Bonchev–Trinajstić information content (AvgIpc) is 3.38. The van der Waals surface area contributed by atoms with E-state index in [2.05, 4.69) is 9.84 Å². The van der Waals surface area contributed by atoms with Crippen LogP contribution >= 0.6 is 0 Å². The Kier molecular flexibility index (Phi) is 6.45. The molecule has 1 saturated heterocycles. The lowest BCUT2D eigenvalue weighted by Gasteiger charge is -2.42. The zero-order valence-electron chi connectivity index (χ0n) is 19.7. The van der Waals surface area contributed by atoms with Gasteiger partial charge in [0.1, 0.15) is 5.82 Å². The molecule has 8 nitrogen and oxygen atoms in total. The molecule has 2 aliphatic heterocycles. The van der Waals surface area contributed by atoms with Crippen LogP contribution in [0.5, 0.6) is 5.75 Å². The first-order valence-corrected chi connectivity index (χ1v) is 11.6. The van der Waals surface area contributed by atoms with E-state index in [1.165, 1.54) is 41.1 Å². The summed E-state index contributed by atoms with van der Waals surface area (Å²) in [6.07, 6.45) is 2.12. The van der Waals surface area contributed by atoms with Crippen molar-refractivity contribution in [3.8, 4) is 5.75 Å². The lowest BCUT2D eigenvalue weighted by atomic mass is 9.79. The molecule has 0 radical (unpaired) electrons. The van der Waals surface area contributed by atoms with Crippen molar-refractivity contribution in [1.29, 1.82) is 0 Å². The van der Waals surface area contributed by atoms with Crippen molar-refractivity contribution in [3.63, 3.8) is 0 Å². The number of carbonyl (C=O) groups excluding carboxylic acids is 2. The Labute approximate surface area is 209 Å². The summed E-state index contributed by atoms with van der Waals surface area (Å²) in [5, 5.41) is 4.23. The molecule has 192 valence electrons. The van der Waals surface area contributed by atoms with E-state index in [1.54, 1.807) is 4.90 Å². The third-order valence-corrected chi connectivity index (χ3v) is 6.86. The molecule has 3 atom stereocenters. The van der Waals surface area contributed by atoms with E-state index >= 15 is 4.39 Å². The van der Waals surface area contributed by atoms with E-state index < -0.39 is 65.1 Å². The molecule has 11 heteroatoms. The summed E-state index contributed by atoms with van der Waals surface area (Å²) >= 11 is 0. The van der Waals surface area contributed by atoms with Crippen LogP contribution < -0.4 is 10.2 Å². The number of amides is 1. The van der Waals surface area contributed by atoms with Crippen molar-refractivity contribution < 1.29 is 32.2 Å². The number of carbonyl (C=O) groups is 2. The molecule has 0 unspecified atom stereocenters. The second-order valence-electron chi connectivity index (χ2n) is 8.87. The van der Waals surface area contributed by atoms with Gasteiger partial charge >= 0.3 is 5.97 Å². The Bertz CT molecular complexity index is 1430. The highest BCUT2D eigenvalue weighted by Crippen LogP contribution is 2.46. The fraction of sp³-hybridized carbons (Fsp3) is 0.308.